The van der Waals surface area contributed by atoms with Crippen molar-refractivity contribution in [3.8, 4) is 0 Å². The van der Waals surface area contributed by atoms with E-state index in [4.69, 9.17) is 5.73 Å². The van der Waals surface area contributed by atoms with Gasteiger partial charge in [-0.25, -0.2) is 0 Å². The van der Waals surface area contributed by atoms with Gasteiger partial charge in [0, 0.05) is 19.6 Å². The molecule has 0 aromatic carbocycles. The first-order valence-corrected chi connectivity index (χ1v) is 2.75. The molecule has 0 unspecified atom stereocenters. The van der Waals surface area contributed by atoms with Gasteiger partial charge in [-0.05, 0) is 6.72 Å². The van der Waals surface area contributed by atoms with Crippen molar-refractivity contribution in [2.24, 2.45) is 10.7 Å². The van der Waals surface area contributed by atoms with Gasteiger partial charge in [-0.15, -0.1) is 0 Å². The second-order valence-corrected chi connectivity index (χ2v) is 1.49. The smallest absolute Gasteiger partial charge is 0.0507 e. The highest BCUT2D eigenvalue weighted by atomic mass is 14.9. The van der Waals surface area contributed by atoms with Gasteiger partial charge in [0.1, 0.15) is 0 Å². The van der Waals surface area contributed by atoms with Crippen LogP contribution in [-0.2, 0) is 0 Å². The molecule has 3 heteroatoms. The summed E-state index contributed by atoms with van der Waals surface area (Å²) in [7, 11) is 0. The van der Waals surface area contributed by atoms with Crippen molar-refractivity contribution in [3.63, 3.8) is 0 Å². The second kappa shape index (κ2) is 6.59. The Hall–Kier alpha value is -0.410. The average molecular weight is 115 g/mol. The molecule has 0 aliphatic rings. The van der Waals surface area contributed by atoms with E-state index >= 15 is 0 Å². The Kier molecular flexibility index (Phi) is 6.25. The van der Waals surface area contributed by atoms with Crippen LogP contribution in [0.4, 0.5) is 0 Å². The van der Waals surface area contributed by atoms with E-state index in [1.54, 1.807) is 0 Å². The molecular formula is C5H13N3. The monoisotopic (exact) mass is 115 g/mol. The van der Waals surface area contributed by atoms with Crippen molar-refractivity contribution in [2.75, 3.05) is 26.2 Å². The lowest BCUT2D eigenvalue weighted by Crippen LogP contribution is -2.24. The van der Waals surface area contributed by atoms with Crippen molar-refractivity contribution in [1.82, 2.24) is 5.32 Å². The minimum atomic E-state index is 0.692. The number of hydrogen-bond donors (Lipinski definition) is 2. The Morgan fingerprint density at radius 2 is 2.25 bits per heavy atom. The van der Waals surface area contributed by atoms with Crippen LogP contribution in [0.15, 0.2) is 4.99 Å². The zero-order valence-electron chi connectivity index (χ0n) is 5.06. The summed E-state index contributed by atoms with van der Waals surface area (Å²) < 4.78 is 0. The second-order valence-electron chi connectivity index (χ2n) is 1.49. The molecule has 0 radical (unpaired) electrons. The van der Waals surface area contributed by atoms with E-state index in [0.717, 1.165) is 19.6 Å². The molecule has 0 aliphatic carbocycles. The summed E-state index contributed by atoms with van der Waals surface area (Å²) in [5.41, 5.74) is 5.20. The Balaban J connectivity index is 2.62. The van der Waals surface area contributed by atoms with Crippen LogP contribution in [0, 0.1) is 0 Å². The number of nitrogens with one attached hydrogen (secondary N) is 1. The maximum Gasteiger partial charge on any atom is 0.0507 e. The van der Waals surface area contributed by atoms with Crippen molar-refractivity contribution >= 4 is 6.72 Å². The molecule has 3 N–H and O–H groups in total. The van der Waals surface area contributed by atoms with Crippen molar-refractivity contribution < 1.29 is 0 Å². The first-order valence-electron chi connectivity index (χ1n) is 2.75. The highest BCUT2D eigenvalue weighted by molar-refractivity contribution is 5.23. The Morgan fingerprint density at radius 1 is 1.50 bits per heavy atom. The van der Waals surface area contributed by atoms with Crippen LogP contribution in [0.3, 0.4) is 0 Å². The fraction of sp³-hybridized carbons (Fsp3) is 0.800. The van der Waals surface area contributed by atoms with E-state index in [1.807, 2.05) is 0 Å². The number of aliphatic imine (C=N–C) groups is 1. The Bertz CT molecular complexity index is 53.6. The fourth-order valence-corrected chi connectivity index (χ4v) is 0.385. The molecule has 0 aromatic rings. The molecule has 0 heterocycles. The van der Waals surface area contributed by atoms with Gasteiger partial charge in [-0.2, -0.15) is 0 Å². The first kappa shape index (κ1) is 7.59. The summed E-state index contributed by atoms with van der Waals surface area (Å²) >= 11 is 0. The van der Waals surface area contributed by atoms with Gasteiger partial charge < -0.3 is 11.1 Å². The van der Waals surface area contributed by atoms with E-state index in [1.165, 1.54) is 0 Å². The van der Waals surface area contributed by atoms with Crippen LogP contribution >= 0.6 is 0 Å². The summed E-state index contributed by atoms with van der Waals surface area (Å²) in [5.74, 6) is 0. The standard InChI is InChI=1S/C5H13N3/c1-7-4-5-8-3-2-6/h8H,1-6H2. The van der Waals surface area contributed by atoms with E-state index in [9.17, 15) is 0 Å². The molecule has 0 rings (SSSR count). The predicted octanol–water partition coefficient (Wildman–Crippen LogP) is -0.765. The van der Waals surface area contributed by atoms with Crippen LogP contribution in [0.2, 0.25) is 0 Å². The Labute approximate surface area is 50.0 Å². The van der Waals surface area contributed by atoms with Crippen LogP contribution in [-0.4, -0.2) is 32.9 Å². The lowest BCUT2D eigenvalue weighted by molar-refractivity contribution is 0.698. The molecule has 3 nitrogen and oxygen atoms in total. The summed E-state index contributed by atoms with van der Waals surface area (Å²) in [5, 5.41) is 3.08. The lowest BCUT2D eigenvalue weighted by Gasteiger charge is -1.96. The molecule has 0 aromatic heterocycles. The highest BCUT2D eigenvalue weighted by Gasteiger charge is 1.78. The van der Waals surface area contributed by atoms with Gasteiger partial charge in [0.15, 0.2) is 0 Å². The molecule has 0 atom stereocenters. The molecular weight excluding hydrogens is 102 g/mol. The number of rotatable bonds is 5. The lowest BCUT2D eigenvalue weighted by atomic mass is 10.6. The topological polar surface area (TPSA) is 50.4 Å². The van der Waals surface area contributed by atoms with Crippen LogP contribution in [0.1, 0.15) is 0 Å². The van der Waals surface area contributed by atoms with Gasteiger partial charge >= 0.3 is 0 Å². The van der Waals surface area contributed by atoms with Gasteiger partial charge in [0.2, 0.25) is 0 Å². The first-order chi connectivity index (χ1) is 3.91. The molecule has 48 valence electrons. The summed E-state index contributed by atoms with van der Waals surface area (Å²) in [6.45, 7) is 6.57. The van der Waals surface area contributed by atoms with Crippen molar-refractivity contribution in [2.45, 2.75) is 0 Å². The number of nitrogens with zero attached hydrogens (tertiary/aromatic N) is 1. The largest absolute Gasteiger partial charge is 0.329 e. The Morgan fingerprint density at radius 3 is 2.75 bits per heavy atom. The van der Waals surface area contributed by atoms with Crippen LogP contribution < -0.4 is 11.1 Å². The molecule has 0 saturated heterocycles. The minimum Gasteiger partial charge on any atom is -0.329 e. The minimum absolute atomic E-state index is 0.692. The molecule has 8 heavy (non-hydrogen) atoms. The maximum absolute atomic E-state index is 5.20. The van der Waals surface area contributed by atoms with Gasteiger partial charge in [0.25, 0.3) is 0 Å². The molecule has 0 amide bonds. The molecule has 0 fully saturated rings. The summed E-state index contributed by atoms with van der Waals surface area (Å²) in [4.78, 5) is 3.65. The van der Waals surface area contributed by atoms with Crippen LogP contribution in [0.5, 0.6) is 0 Å². The van der Waals surface area contributed by atoms with E-state index < -0.39 is 0 Å². The maximum atomic E-state index is 5.20. The highest BCUT2D eigenvalue weighted by Crippen LogP contribution is 1.60. The SMILES string of the molecule is C=NCCNCCN. The van der Waals surface area contributed by atoms with Gasteiger partial charge in [0.05, 0.1) is 6.54 Å². The number of nitrogens with two attached hydrogens (primary N) is 1. The molecule has 0 saturated carbocycles. The zero-order valence-corrected chi connectivity index (χ0v) is 5.06. The normalized spacial score (nSPS) is 9.12. The fourth-order valence-electron chi connectivity index (χ4n) is 0.385. The number of hydrogen-bond acceptors (Lipinski definition) is 3. The van der Waals surface area contributed by atoms with Crippen LogP contribution in [0.25, 0.3) is 0 Å². The predicted molar refractivity (Wildman–Crippen MR) is 36.3 cm³/mol. The summed E-state index contributed by atoms with van der Waals surface area (Å²) in [6, 6.07) is 0. The van der Waals surface area contributed by atoms with Crippen molar-refractivity contribution in [1.29, 1.82) is 0 Å². The third kappa shape index (κ3) is 5.59. The van der Waals surface area contributed by atoms with E-state index in [2.05, 4.69) is 17.0 Å². The third-order valence-electron chi connectivity index (χ3n) is 0.768. The van der Waals surface area contributed by atoms with Crippen molar-refractivity contribution in [3.05, 3.63) is 0 Å². The quantitative estimate of drug-likeness (QED) is 0.365. The zero-order chi connectivity index (χ0) is 6.24. The van der Waals surface area contributed by atoms with E-state index in [-0.39, 0.29) is 0 Å². The average Bonchev–Trinajstić information content (AvgIpc) is 1.81. The van der Waals surface area contributed by atoms with E-state index in [0.29, 0.717) is 6.54 Å². The molecule has 0 aliphatic heterocycles. The van der Waals surface area contributed by atoms with Gasteiger partial charge in [-0.3, -0.25) is 4.99 Å². The molecule has 0 bridgehead atoms. The van der Waals surface area contributed by atoms with Gasteiger partial charge in [-0.1, -0.05) is 0 Å². The molecule has 0 spiro atoms. The summed E-state index contributed by atoms with van der Waals surface area (Å²) in [6.07, 6.45) is 0. The third-order valence-corrected chi connectivity index (χ3v) is 0.768.